The number of pyridine rings is 1. The predicted octanol–water partition coefficient (Wildman–Crippen LogP) is 1.69. The van der Waals surface area contributed by atoms with Gasteiger partial charge in [-0.25, -0.2) is 13.4 Å². The smallest absolute Gasteiger partial charge is 0.262 e. The molecule has 1 saturated heterocycles. The van der Waals surface area contributed by atoms with Crippen LogP contribution in [0.3, 0.4) is 0 Å². The van der Waals surface area contributed by atoms with E-state index in [2.05, 4.69) is 16.0 Å². The van der Waals surface area contributed by atoms with Crippen molar-refractivity contribution < 1.29 is 8.42 Å². The van der Waals surface area contributed by atoms with E-state index < -0.39 is 10.0 Å². The van der Waals surface area contributed by atoms with Crippen LogP contribution in [0.1, 0.15) is 30.0 Å². The van der Waals surface area contributed by atoms with Gasteiger partial charge in [0.05, 0.1) is 6.33 Å². The van der Waals surface area contributed by atoms with E-state index in [1.807, 2.05) is 19.2 Å². The van der Waals surface area contributed by atoms with Crippen molar-refractivity contribution in [3.05, 3.63) is 42.1 Å². The first-order valence-corrected chi connectivity index (χ1v) is 8.81. The number of aromatic nitrogens is 3. The van der Waals surface area contributed by atoms with E-state index in [0.717, 1.165) is 18.5 Å². The van der Waals surface area contributed by atoms with Gasteiger partial charge in [0.25, 0.3) is 10.0 Å². The van der Waals surface area contributed by atoms with Crippen molar-refractivity contribution in [2.24, 2.45) is 7.05 Å². The summed E-state index contributed by atoms with van der Waals surface area (Å²) in [6.45, 7) is 3.01. The van der Waals surface area contributed by atoms with Gasteiger partial charge in [-0.05, 0) is 37.3 Å². The summed E-state index contributed by atoms with van der Waals surface area (Å²) in [7, 11) is -1.70. The van der Waals surface area contributed by atoms with Crippen LogP contribution in [0, 0.1) is 6.92 Å². The molecule has 0 spiro atoms. The van der Waals surface area contributed by atoms with Crippen molar-refractivity contribution in [3.63, 3.8) is 0 Å². The van der Waals surface area contributed by atoms with E-state index in [-0.39, 0.29) is 5.03 Å². The Balaban J connectivity index is 1.70. The first-order valence-electron chi connectivity index (χ1n) is 7.37. The molecule has 1 aliphatic heterocycles. The molecule has 7 heteroatoms. The number of aryl methyl sites for hydroxylation is 2. The molecule has 118 valence electrons. The molecule has 0 amide bonds. The monoisotopic (exact) mass is 320 g/mol. The fourth-order valence-electron chi connectivity index (χ4n) is 2.80. The lowest BCUT2D eigenvalue weighted by Gasteiger charge is -2.30. The van der Waals surface area contributed by atoms with E-state index in [9.17, 15) is 8.42 Å². The number of nitrogens with zero attached hydrogens (tertiary/aromatic N) is 4. The fraction of sp³-hybridized carbons (Fsp3) is 0.467. The number of hydrogen-bond donors (Lipinski definition) is 0. The minimum absolute atomic E-state index is 0.130. The summed E-state index contributed by atoms with van der Waals surface area (Å²) in [5.74, 6) is 0.378. The number of sulfonamides is 1. The molecule has 6 nitrogen and oxygen atoms in total. The van der Waals surface area contributed by atoms with E-state index in [4.69, 9.17) is 0 Å². The average Bonchev–Trinajstić information content (AvgIpc) is 2.96. The molecule has 0 saturated carbocycles. The number of rotatable bonds is 3. The van der Waals surface area contributed by atoms with Crippen LogP contribution in [-0.4, -0.2) is 40.3 Å². The molecule has 0 aliphatic carbocycles. The fourth-order valence-corrected chi connectivity index (χ4v) is 4.24. The topological polar surface area (TPSA) is 68.1 Å². The van der Waals surface area contributed by atoms with E-state index in [1.165, 1.54) is 16.2 Å². The summed E-state index contributed by atoms with van der Waals surface area (Å²) in [5.41, 5.74) is 2.19. The molecular weight excluding hydrogens is 300 g/mol. The minimum atomic E-state index is -3.47. The molecule has 0 N–H and O–H groups in total. The maximum Gasteiger partial charge on any atom is 0.262 e. The van der Waals surface area contributed by atoms with Gasteiger partial charge in [0, 0.05) is 38.2 Å². The summed E-state index contributed by atoms with van der Waals surface area (Å²) >= 11 is 0. The second-order valence-corrected chi connectivity index (χ2v) is 7.67. The highest BCUT2D eigenvalue weighted by Gasteiger charge is 2.31. The predicted molar refractivity (Wildman–Crippen MR) is 82.9 cm³/mol. The maximum absolute atomic E-state index is 12.5. The molecule has 0 aromatic carbocycles. The SMILES string of the molecule is Cc1ccc(C2CCN(S(=O)(=O)c3cn(C)cn3)CC2)cn1. The highest BCUT2D eigenvalue weighted by molar-refractivity contribution is 7.89. The van der Waals surface area contributed by atoms with Crippen LogP contribution in [0.15, 0.2) is 35.9 Å². The van der Waals surface area contributed by atoms with Crippen molar-refractivity contribution in [2.45, 2.75) is 30.7 Å². The van der Waals surface area contributed by atoms with E-state index in [1.54, 1.807) is 17.8 Å². The van der Waals surface area contributed by atoms with Crippen LogP contribution >= 0.6 is 0 Å². The molecule has 3 heterocycles. The van der Waals surface area contributed by atoms with Crippen molar-refractivity contribution in [1.82, 2.24) is 18.8 Å². The molecule has 22 heavy (non-hydrogen) atoms. The van der Waals surface area contributed by atoms with Crippen LogP contribution in [0.5, 0.6) is 0 Å². The third kappa shape index (κ3) is 2.91. The second-order valence-electron chi connectivity index (χ2n) is 5.79. The molecule has 3 rings (SSSR count). The Morgan fingerprint density at radius 1 is 1.18 bits per heavy atom. The van der Waals surface area contributed by atoms with Crippen LogP contribution in [0.2, 0.25) is 0 Å². The second kappa shape index (κ2) is 5.81. The molecule has 2 aromatic rings. The maximum atomic E-state index is 12.5. The van der Waals surface area contributed by atoms with Crippen molar-refractivity contribution in [1.29, 1.82) is 0 Å². The highest BCUT2D eigenvalue weighted by Crippen LogP contribution is 2.30. The molecule has 0 unspecified atom stereocenters. The Bertz CT molecular complexity index is 744. The van der Waals surface area contributed by atoms with Gasteiger partial charge in [0.2, 0.25) is 0 Å². The van der Waals surface area contributed by atoms with Gasteiger partial charge in [0.15, 0.2) is 5.03 Å². The first kappa shape index (κ1) is 15.2. The lowest BCUT2D eigenvalue weighted by molar-refractivity contribution is 0.318. The number of piperidine rings is 1. The van der Waals surface area contributed by atoms with Gasteiger partial charge in [-0.15, -0.1) is 0 Å². The van der Waals surface area contributed by atoms with Gasteiger partial charge >= 0.3 is 0 Å². The van der Waals surface area contributed by atoms with Gasteiger partial charge in [-0.2, -0.15) is 4.31 Å². The van der Waals surface area contributed by atoms with Crippen LogP contribution in [0.25, 0.3) is 0 Å². The summed E-state index contributed by atoms with van der Waals surface area (Å²) in [5, 5.41) is 0.130. The zero-order valence-corrected chi connectivity index (χ0v) is 13.6. The van der Waals surface area contributed by atoms with Crippen LogP contribution in [-0.2, 0) is 17.1 Å². The largest absolute Gasteiger partial charge is 0.339 e. The first-order chi connectivity index (χ1) is 10.5. The third-order valence-corrected chi connectivity index (χ3v) is 5.93. The lowest BCUT2D eigenvalue weighted by atomic mass is 9.91. The summed E-state index contributed by atoms with van der Waals surface area (Å²) in [6.07, 6.45) is 6.60. The van der Waals surface area contributed by atoms with E-state index in [0.29, 0.717) is 19.0 Å². The molecule has 1 aliphatic rings. The molecule has 1 fully saturated rings. The lowest BCUT2D eigenvalue weighted by Crippen LogP contribution is -2.38. The zero-order valence-electron chi connectivity index (χ0n) is 12.8. The Hall–Kier alpha value is -1.73. The number of hydrogen-bond acceptors (Lipinski definition) is 4. The van der Waals surface area contributed by atoms with Crippen molar-refractivity contribution in [3.8, 4) is 0 Å². The Labute approximate surface area is 130 Å². The summed E-state index contributed by atoms with van der Waals surface area (Å²) in [4.78, 5) is 8.30. The van der Waals surface area contributed by atoms with Crippen LogP contribution in [0.4, 0.5) is 0 Å². The molecule has 0 atom stereocenters. The average molecular weight is 320 g/mol. The van der Waals surface area contributed by atoms with Crippen molar-refractivity contribution >= 4 is 10.0 Å². The van der Waals surface area contributed by atoms with Gasteiger partial charge in [-0.1, -0.05) is 6.07 Å². The Kier molecular flexibility index (Phi) is 4.01. The Morgan fingerprint density at radius 2 is 1.91 bits per heavy atom. The third-order valence-electron chi connectivity index (χ3n) is 4.14. The van der Waals surface area contributed by atoms with E-state index >= 15 is 0 Å². The molecular formula is C15H20N4O2S. The molecule has 2 aromatic heterocycles. The molecule has 0 bridgehead atoms. The van der Waals surface area contributed by atoms with Gasteiger partial charge in [0.1, 0.15) is 0 Å². The normalized spacial score (nSPS) is 17.7. The molecule has 0 radical (unpaired) electrons. The highest BCUT2D eigenvalue weighted by atomic mass is 32.2. The minimum Gasteiger partial charge on any atom is -0.339 e. The summed E-state index contributed by atoms with van der Waals surface area (Å²) in [6, 6.07) is 4.10. The number of imidazole rings is 1. The summed E-state index contributed by atoms with van der Waals surface area (Å²) < 4.78 is 28.2. The quantitative estimate of drug-likeness (QED) is 0.863. The van der Waals surface area contributed by atoms with Crippen LogP contribution < -0.4 is 0 Å². The zero-order chi connectivity index (χ0) is 15.7. The standard InChI is InChI=1S/C15H20N4O2S/c1-12-3-4-14(9-16-12)13-5-7-19(8-6-13)22(20,21)15-10-18(2)11-17-15/h3-4,9-11,13H,5-8H2,1-2H3. The van der Waals surface area contributed by atoms with Gasteiger partial charge < -0.3 is 4.57 Å². The Morgan fingerprint density at radius 3 is 2.45 bits per heavy atom. The van der Waals surface area contributed by atoms with Crippen molar-refractivity contribution in [2.75, 3.05) is 13.1 Å². The van der Waals surface area contributed by atoms with Gasteiger partial charge in [-0.3, -0.25) is 4.98 Å².